The lowest BCUT2D eigenvalue weighted by Gasteiger charge is -2.31. The van der Waals surface area contributed by atoms with Gasteiger partial charge >= 0.3 is 0 Å². The highest BCUT2D eigenvalue weighted by molar-refractivity contribution is 6.46. The van der Waals surface area contributed by atoms with Crippen molar-refractivity contribution < 1.29 is 19.4 Å². The fourth-order valence-electron chi connectivity index (χ4n) is 4.70. The highest BCUT2D eigenvalue weighted by atomic mass is 16.5. The molecule has 2 aromatic carbocycles. The summed E-state index contributed by atoms with van der Waals surface area (Å²) in [5.41, 5.74) is 4.33. The summed E-state index contributed by atoms with van der Waals surface area (Å²) < 4.78 is 11.6. The second kappa shape index (κ2) is 14.1. The largest absolute Gasteiger partial charge is 0.489 e. The summed E-state index contributed by atoms with van der Waals surface area (Å²) in [6.45, 7) is 9.68. The summed E-state index contributed by atoms with van der Waals surface area (Å²) in [5, 5.41) is 19.6. The van der Waals surface area contributed by atoms with E-state index in [4.69, 9.17) is 14.9 Å². The van der Waals surface area contributed by atoms with Gasteiger partial charge in [0.05, 0.1) is 37.0 Å². The predicted molar refractivity (Wildman–Crippen MR) is 161 cm³/mol. The average molecular weight is 557 g/mol. The van der Waals surface area contributed by atoms with Crippen LogP contribution < -0.4 is 4.74 Å². The van der Waals surface area contributed by atoms with Crippen molar-refractivity contribution in [2.75, 3.05) is 26.2 Å². The first-order valence-corrected chi connectivity index (χ1v) is 14.2. The first-order valence-electron chi connectivity index (χ1n) is 14.2. The Bertz CT molecular complexity index is 1320. The van der Waals surface area contributed by atoms with Crippen LogP contribution >= 0.6 is 0 Å². The van der Waals surface area contributed by atoms with Crippen molar-refractivity contribution in [3.8, 4) is 5.75 Å². The number of aliphatic hydroxyl groups excluding tert-OH is 1. The fourth-order valence-corrected chi connectivity index (χ4v) is 4.70. The number of ether oxygens (including phenoxy) is 2. The SMILES string of the molecule is CC(C)OCC(O)CN1CCN=C(C(C(=N)c2ccncc2)c2ccc(OCc3ccc(C(C)C)cc3)cc2)C1=O. The van der Waals surface area contributed by atoms with Crippen LogP contribution in [0.5, 0.6) is 5.75 Å². The number of carbonyl (C=O) groups excluding carboxylic acids is 1. The third kappa shape index (κ3) is 8.08. The lowest BCUT2D eigenvalue weighted by Crippen LogP contribution is -2.49. The third-order valence-electron chi connectivity index (χ3n) is 7.03. The third-order valence-corrected chi connectivity index (χ3v) is 7.03. The van der Waals surface area contributed by atoms with Gasteiger partial charge in [0.25, 0.3) is 5.91 Å². The summed E-state index contributed by atoms with van der Waals surface area (Å²) in [6, 6.07) is 19.4. The molecule has 4 rings (SSSR count). The molecule has 1 aliphatic heterocycles. The van der Waals surface area contributed by atoms with Gasteiger partial charge in [-0.3, -0.25) is 14.8 Å². The lowest BCUT2D eigenvalue weighted by atomic mass is 9.85. The first kappa shape index (κ1) is 30.1. The Hall–Kier alpha value is -3.88. The van der Waals surface area contributed by atoms with Gasteiger partial charge in [-0.05, 0) is 66.3 Å². The van der Waals surface area contributed by atoms with Crippen LogP contribution in [0.2, 0.25) is 0 Å². The minimum atomic E-state index is -0.809. The topological polar surface area (TPSA) is 108 Å². The first-order chi connectivity index (χ1) is 19.7. The average Bonchev–Trinajstić information content (AvgIpc) is 2.98. The molecule has 2 heterocycles. The Labute approximate surface area is 242 Å². The van der Waals surface area contributed by atoms with Crippen molar-refractivity contribution in [2.24, 2.45) is 4.99 Å². The number of nitrogens with one attached hydrogen (secondary N) is 1. The van der Waals surface area contributed by atoms with E-state index in [-0.39, 0.29) is 36.6 Å². The van der Waals surface area contributed by atoms with Crippen molar-refractivity contribution >= 4 is 17.3 Å². The summed E-state index contributed by atoms with van der Waals surface area (Å²) in [4.78, 5) is 23.9. The monoisotopic (exact) mass is 556 g/mol. The minimum absolute atomic E-state index is 0.0126. The number of hydrogen-bond acceptors (Lipinski definition) is 7. The van der Waals surface area contributed by atoms with Gasteiger partial charge in [0.1, 0.15) is 18.1 Å². The second-order valence-corrected chi connectivity index (χ2v) is 10.9. The molecule has 0 saturated carbocycles. The van der Waals surface area contributed by atoms with Crippen LogP contribution in [0.15, 0.2) is 78.0 Å². The number of amides is 1. The Morgan fingerprint density at radius 2 is 1.63 bits per heavy atom. The molecule has 2 atom stereocenters. The summed E-state index contributed by atoms with van der Waals surface area (Å²) in [6.07, 6.45) is 2.44. The van der Waals surface area contributed by atoms with Crippen LogP contribution in [-0.2, 0) is 16.1 Å². The zero-order chi connectivity index (χ0) is 29.4. The number of rotatable bonds is 13. The molecule has 2 unspecified atom stereocenters. The molecule has 0 spiro atoms. The summed E-state index contributed by atoms with van der Waals surface area (Å²) in [7, 11) is 0. The van der Waals surface area contributed by atoms with E-state index in [1.165, 1.54) is 5.56 Å². The lowest BCUT2D eigenvalue weighted by molar-refractivity contribution is -0.126. The maximum absolute atomic E-state index is 13.7. The number of nitrogens with zero attached hydrogens (tertiary/aromatic N) is 3. The van der Waals surface area contributed by atoms with Gasteiger partial charge in [0, 0.05) is 25.5 Å². The maximum Gasteiger partial charge on any atom is 0.268 e. The molecule has 0 saturated heterocycles. The number of pyridine rings is 1. The fraction of sp³-hybridized carbons (Fsp3) is 0.394. The van der Waals surface area contributed by atoms with E-state index in [2.05, 4.69) is 48.1 Å². The molecule has 3 aromatic rings. The van der Waals surface area contributed by atoms with Crippen LogP contribution in [-0.4, -0.2) is 70.8 Å². The van der Waals surface area contributed by atoms with Gasteiger partial charge < -0.3 is 24.9 Å². The Balaban J connectivity index is 1.53. The second-order valence-electron chi connectivity index (χ2n) is 10.9. The smallest absolute Gasteiger partial charge is 0.268 e. The van der Waals surface area contributed by atoms with Crippen LogP contribution in [0.1, 0.15) is 61.8 Å². The maximum atomic E-state index is 13.7. The Kier molecular flexibility index (Phi) is 10.4. The van der Waals surface area contributed by atoms with E-state index in [9.17, 15) is 9.90 Å². The van der Waals surface area contributed by atoms with E-state index in [1.54, 1.807) is 29.4 Å². The number of aliphatic imine (C=N–C) groups is 1. The van der Waals surface area contributed by atoms with Gasteiger partial charge in [0.2, 0.25) is 0 Å². The quantitative estimate of drug-likeness (QED) is 0.288. The Morgan fingerprint density at radius 1 is 0.976 bits per heavy atom. The molecular weight excluding hydrogens is 516 g/mol. The summed E-state index contributed by atoms with van der Waals surface area (Å²) in [5.74, 6) is 0.207. The number of aliphatic hydroxyl groups is 1. The van der Waals surface area contributed by atoms with Gasteiger partial charge in [0.15, 0.2) is 0 Å². The molecule has 1 aromatic heterocycles. The molecule has 0 aliphatic carbocycles. The molecule has 0 radical (unpaired) electrons. The molecule has 8 nitrogen and oxygen atoms in total. The molecule has 216 valence electrons. The normalized spacial score (nSPS) is 15.1. The standard InChI is InChI=1S/C33H40N4O4/c1-22(2)25-7-5-24(6-8-25)20-41-29-11-9-26(10-12-29)30(31(34)27-13-15-35-16-14-27)32-33(39)37(18-17-36-32)19-28(38)21-40-23(3)4/h5-16,22-23,28,30,34,38H,17-21H2,1-4H3. The predicted octanol–water partition coefficient (Wildman–Crippen LogP) is 5.00. The number of benzene rings is 2. The van der Waals surface area contributed by atoms with E-state index < -0.39 is 12.0 Å². The summed E-state index contributed by atoms with van der Waals surface area (Å²) >= 11 is 0. The Morgan fingerprint density at radius 3 is 2.27 bits per heavy atom. The van der Waals surface area contributed by atoms with Crippen LogP contribution in [0.25, 0.3) is 0 Å². The molecule has 0 fully saturated rings. The van der Waals surface area contributed by atoms with Gasteiger partial charge in [-0.1, -0.05) is 50.2 Å². The van der Waals surface area contributed by atoms with Gasteiger partial charge in [-0.15, -0.1) is 0 Å². The van der Waals surface area contributed by atoms with Gasteiger partial charge in [-0.25, -0.2) is 0 Å². The van der Waals surface area contributed by atoms with E-state index in [0.717, 1.165) is 11.1 Å². The van der Waals surface area contributed by atoms with Crippen molar-refractivity contribution in [3.63, 3.8) is 0 Å². The molecule has 41 heavy (non-hydrogen) atoms. The highest BCUT2D eigenvalue weighted by Gasteiger charge is 2.34. The highest BCUT2D eigenvalue weighted by Crippen LogP contribution is 2.28. The van der Waals surface area contributed by atoms with Crippen molar-refractivity contribution in [3.05, 3.63) is 95.3 Å². The van der Waals surface area contributed by atoms with Crippen molar-refractivity contribution in [1.82, 2.24) is 9.88 Å². The van der Waals surface area contributed by atoms with Crippen molar-refractivity contribution in [2.45, 2.75) is 58.3 Å². The van der Waals surface area contributed by atoms with Crippen LogP contribution in [0.3, 0.4) is 0 Å². The van der Waals surface area contributed by atoms with E-state index in [0.29, 0.717) is 36.9 Å². The van der Waals surface area contributed by atoms with E-state index >= 15 is 0 Å². The number of aromatic nitrogens is 1. The van der Waals surface area contributed by atoms with Gasteiger partial charge in [-0.2, -0.15) is 0 Å². The van der Waals surface area contributed by atoms with E-state index in [1.807, 2.05) is 38.1 Å². The molecule has 1 aliphatic rings. The number of β-amino-alcohol motifs (C(OH)–C–C–N with tert-alkyl or cyclic N) is 1. The molecule has 1 amide bonds. The number of carbonyl (C=O) groups is 1. The minimum Gasteiger partial charge on any atom is -0.489 e. The zero-order valence-electron chi connectivity index (χ0n) is 24.3. The molecule has 0 bridgehead atoms. The molecular formula is C33H40N4O4. The zero-order valence-corrected chi connectivity index (χ0v) is 24.3. The molecule has 8 heteroatoms. The van der Waals surface area contributed by atoms with Crippen molar-refractivity contribution in [1.29, 1.82) is 5.41 Å². The number of hydrogen-bond donors (Lipinski definition) is 2. The van der Waals surface area contributed by atoms with Crippen LogP contribution in [0.4, 0.5) is 0 Å². The molecule has 2 N–H and O–H groups in total. The van der Waals surface area contributed by atoms with Crippen LogP contribution in [0, 0.1) is 5.41 Å².